The van der Waals surface area contributed by atoms with Crippen LogP contribution in [0, 0.1) is 0 Å². The molecule has 1 fully saturated rings. The van der Waals surface area contributed by atoms with Gasteiger partial charge >= 0.3 is 0 Å². The Balaban J connectivity index is 1.61. The molecule has 0 bridgehead atoms. The predicted molar refractivity (Wildman–Crippen MR) is 101 cm³/mol. The second-order valence-electron chi connectivity index (χ2n) is 5.19. The van der Waals surface area contributed by atoms with E-state index in [4.69, 9.17) is 27.9 Å². The summed E-state index contributed by atoms with van der Waals surface area (Å²) in [4.78, 5) is 26.0. The van der Waals surface area contributed by atoms with Gasteiger partial charge in [0.05, 0.1) is 11.4 Å². The van der Waals surface area contributed by atoms with Crippen molar-refractivity contribution in [1.29, 1.82) is 0 Å². The van der Waals surface area contributed by atoms with Crippen LogP contribution in [-0.4, -0.2) is 29.2 Å². The number of ether oxygens (including phenoxy) is 1. The van der Waals surface area contributed by atoms with Crippen molar-refractivity contribution < 1.29 is 14.3 Å². The van der Waals surface area contributed by atoms with Crippen molar-refractivity contribution in [2.45, 2.75) is 0 Å². The van der Waals surface area contributed by atoms with Crippen LogP contribution in [0.2, 0.25) is 10.0 Å². The molecule has 1 heterocycles. The highest BCUT2D eigenvalue weighted by Crippen LogP contribution is 2.32. The minimum absolute atomic E-state index is 0.186. The molecule has 4 nitrogen and oxygen atoms in total. The van der Waals surface area contributed by atoms with Crippen LogP contribution in [0.5, 0.6) is 5.75 Å². The average molecular weight is 394 g/mol. The Labute approximate surface area is 159 Å². The zero-order valence-electron chi connectivity index (χ0n) is 12.9. The smallest absolute Gasteiger partial charge is 0.293 e. The molecule has 0 aromatic heterocycles. The first kappa shape index (κ1) is 17.9. The Morgan fingerprint density at radius 3 is 2.20 bits per heavy atom. The molecule has 1 aliphatic heterocycles. The quantitative estimate of drug-likeness (QED) is 0.662. The summed E-state index contributed by atoms with van der Waals surface area (Å²) in [6, 6.07) is 13.9. The molecule has 3 rings (SSSR count). The molecule has 1 saturated heterocycles. The molecular weight excluding hydrogens is 381 g/mol. The van der Waals surface area contributed by atoms with E-state index < -0.39 is 0 Å². The van der Waals surface area contributed by atoms with Gasteiger partial charge in [-0.3, -0.25) is 14.5 Å². The lowest BCUT2D eigenvalue weighted by Gasteiger charge is -2.13. The van der Waals surface area contributed by atoms with Gasteiger partial charge < -0.3 is 4.74 Å². The van der Waals surface area contributed by atoms with Gasteiger partial charge in [-0.25, -0.2) is 0 Å². The Morgan fingerprint density at radius 1 is 0.960 bits per heavy atom. The fourth-order valence-electron chi connectivity index (χ4n) is 2.19. The Kier molecular flexibility index (Phi) is 5.68. The van der Waals surface area contributed by atoms with E-state index in [0.717, 1.165) is 17.3 Å². The van der Waals surface area contributed by atoms with Gasteiger partial charge in [0.2, 0.25) is 0 Å². The summed E-state index contributed by atoms with van der Waals surface area (Å²) < 4.78 is 5.54. The normalized spacial score (nSPS) is 15.9. The van der Waals surface area contributed by atoms with Crippen LogP contribution in [0.25, 0.3) is 6.08 Å². The van der Waals surface area contributed by atoms with Crippen LogP contribution < -0.4 is 4.74 Å². The molecule has 0 radical (unpaired) electrons. The van der Waals surface area contributed by atoms with E-state index in [1.165, 1.54) is 4.90 Å². The van der Waals surface area contributed by atoms with Crippen LogP contribution >= 0.6 is 35.0 Å². The Hall–Kier alpha value is -1.95. The summed E-state index contributed by atoms with van der Waals surface area (Å²) in [7, 11) is 0. The SMILES string of the molecule is O=C1S/C(=C\c2ccc(Cl)cc2)C(=O)N1CCOc1ccc(Cl)cc1. The molecule has 0 atom stereocenters. The number of rotatable bonds is 5. The monoisotopic (exact) mass is 393 g/mol. The molecule has 2 amide bonds. The van der Waals surface area contributed by atoms with E-state index in [9.17, 15) is 9.59 Å². The number of amides is 2. The number of halogens is 2. The first-order valence-corrected chi connectivity index (χ1v) is 8.99. The maximum absolute atomic E-state index is 12.4. The molecule has 7 heteroatoms. The third-order valence-electron chi connectivity index (χ3n) is 3.44. The van der Waals surface area contributed by atoms with Crippen LogP contribution in [0.15, 0.2) is 53.4 Å². The first-order valence-electron chi connectivity index (χ1n) is 7.42. The summed E-state index contributed by atoms with van der Waals surface area (Å²) in [5.41, 5.74) is 0.812. The van der Waals surface area contributed by atoms with Gasteiger partial charge in [-0.05, 0) is 59.8 Å². The van der Waals surface area contributed by atoms with Gasteiger partial charge in [0.1, 0.15) is 12.4 Å². The maximum Gasteiger partial charge on any atom is 0.293 e. The number of hydrogen-bond acceptors (Lipinski definition) is 4. The summed E-state index contributed by atoms with van der Waals surface area (Å²) in [6.45, 7) is 0.402. The topological polar surface area (TPSA) is 46.6 Å². The average Bonchev–Trinajstić information content (AvgIpc) is 2.86. The summed E-state index contributed by atoms with van der Waals surface area (Å²) >= 11 is 12.6. The van der Waals surface area contributed by atoms with Gasteiger partial charge in [0.25, 0.3) is 11.1 Å². The van der Waals surface area contributed by atoms with Crippen molar-refractivity contribution in [3.05, 3.63) is 69.0 Å². The van der Waals surface area contributed by atoms with Crippen molar-refractivity contribution in [2.24, 2.45) is 0 Å². The molecule has 0 aliphatic carbocycles. The second kappa shape index (κ2) is 7.95. The van der Waals surface area contributed by atoms with Gasteiger partial charge in [-0.2, -0.15) is 0 Å². The molecule has 2 aromatic carbocycles. The fraction of sp³-hybridized carbons (Fsp3) is 0.111. The highest BCUT2D eigenvalue weighted by molar-refractivity contribution is 8.18. The molecule has 0 spiro atoms. The highest BCUT2D eigenvalue weighted by Gasteiger charge is 2.34. The van der Waals surface area contributed by atoms with Crippen LogP contribution in [-0.2, 0) is 4.79 Å². The Morgan fingerprint density at radius 2 is 1.56 bits per heavy atom. The standard InChI is InChI=1S/C18H13Cl2NO3S/c19-13-3-1-12(2-4-13)11-16-17(22)21(18(23)25-16)9-10-24-15-7-5-14(20)6-8-15/h1-8,11H,9-10H2/b16-11-. The summed E-state index contributed by atoms with van der Waals surface area (Å²) in [5, 5.41) is 0.931. The molecule has 2 aromatic rings. The van der Waals surface area contributed by atoms with E-state index in [0.29, 0.717) is 20.7 Å². The number of nitrogens with zero attached hydrogens (tertiary/aromatic N) is 1. The van der Waals surface area contributed by atoms with E-state index in [2.05, 4.69) is 0 Å². The zero-order valence-corrected chi connectivity index (χ0v) is 15.3. The number of carbonyl (C=O) groups excluding carboxylic acids is 2. The molecule has 0 unspecified atom stereocenters. The van der Waals surface area contributed by atoms with E-state index in [-0.39, 0.29) is 24.3 Å². The molecule has 0 N–H and O–H groups in total. The molecule has 128 valence electrons. The van der Waals surface area contributed by atoms with Crippen molar-refractivity contribution >= 4 is 52.2 Å². The Bertz CT molecular complexity index is 819. The van der Waals surface area contributed by atoms with E-state index in [1.54, 1.807) is 54.6 Å². The van der Waals surface area contributed by atoms with Crippen LogP contribution in [0.1, 0.15) is 5.56 Å². The van der Waals surface area contributed by atoms with Crippen molar-refractivity contribution in [2.75, 3.05) is 13.2 Å². The van der Waals surface area contributed by atoms with Crippen molar-refractivity contribution in [3.63, 3.8) is 0 Å². The molecular formula is C18H13Cl2NO3S. The fourth-order valence-corrected chi connectivity index (χ4v) is 3.31. The lowest BCUT2D eigenvalue weighted by molar-refractivity contribution is -0.123. The third-order valence-corrected chi connectivity index (χ3v) is 4.85. The van der Waals surface area contributed by atoms with Gasteiger partial charge in [-0.1, -0.05) is 35.3 Å². The number of thioether (sulfide) groups is 1. The minimum Gasteiger partial charge on any atom is -0.492 e. The predicted octanol–water partition coefficient (Wildman–Crippen LogP) is 5.11. The lowest BCUT2D eigenvalue weighted by Crippen LogP contribution is -2.32. The second-order valence-corrected chi connectivity index (χ2v) is 7.05. The molecule has 25 heavy (non-hydrogen) atoms. The van der Waals surface area contributed by atoms with E-state index >= 15 is 0 Å². The number of imide groups is 1. The highest BCUT2D eigenvalue weighted by atomic mass is 35.5. The van der Waals surface area contributed by atoms with Crippen LogP contribution in [0.4, 0.5) is 4.79 Å². The largest absolute Gasteiger partial charge is 0.492 e. The van der Waals surface area contributed by atoms with Crippen molar-refractivity contribution in [3.8, 4) is 5.75 Å². The van der Waals surface area contributed by atoms with Gasteiger partial charge in [0, 0.05) is 10.0 Å². The first-order chi connectivity index (χ1) is 12.0. The number of carbonyl (C=O) groups is 2. The third kappa shape index (κ3) is 4.57. The van der Waals surface area contributed by atoms with Gasteiger partial charge in [0.15, 0.2) is 0 Å². The lowest BCUT2D eigenvalue weighted by atomic mass is 10.2. The molecule has 1 aliphatic rings. The summed E-state index contributed by atoms with van der Waals surface area (Å²) in [6.07, 6.45) is 1.68. The minimum atomic E-state index is -0.315. The summed E-state index contributed by atoms with van der Waals surface area (Å²) in [5.74, 6) is 0.317. The molecule has 0 saturated carbocycles. The van der Waals surface area contributed by atoms with Crippen LogP contribution in [0.3, 0.4) is 0 Å². The zero-order chi connectivity index (χ0) is 17.8. The van der Waals surface area contributed by atoms with Crippen molar-refractivity contribution in [1.82, 2.24) is 4.90 Å². The van der Waals surface area contributed by atoms with E-state index in [1.807, 2.05) is 0 Å². The van der Waals surface area contributed by atoms with Gasteiger partial charge in [-0.15, -0.1) is 0 Å². The number of benzene rings is 2. The maximum atomic E-state index is 12.4. The number of hydrogen-bond donors (Lipinski definition) is 0.